The van der Waals surface area contributed by atoms with Crippen molar-refractivity contribution in [2.75, 3.05) is 11.1 Å². The molecule has 0 fully saturated rings. The molecule has 0 atom stereocenters. The van der Waals surface area contributed by atoms with Gasteiger partial charge in [-0.25, -0.2) is 0 Å². The molecule has 2 nitrogen and oxygen atoms in total. The van der Waals surface area contributed by atoms with Crippen LogP contribution in [0.4, 0.5) is 11.4 Å². The summed E-state index contributed by atoms with van der Waals surface area (Å²) >= 11 is 0. The van der Waals surface area contributed by atoms with Gasteiger partial charge in [0.2, 0.25) is 0 Å². The van der Waals surface area contributed by atoms with Crippen molar-refractivity contribution in [2.24, 2.45) is 0 Å². The highest BCUT2D eigenvalue weighted by atomic mass is 14.9. The number of nitrogen functional groups attached to an aromatic ring is 1. The minimum Gasteiger partial charge on any atom is -0.397 e. The first-order chi connectivity index (χ1) is 9.47. The van der Waals surface area contributed by atoms with Crippen LogP contribution in [0.1, 0.15) is 42.0 Å². The van der Waals surface area contributed by atoms with Crippen LogP contribution in [-0.2, 0) is 6.54 Å². The second-order valence-electron chi connectivity index (χ2n) is 5.78. The first-order valence-electron chi connectivity index (χ1n) is 7.17. The van der Waals surface area contributed by atoms with Gasteiger partial charge in [0, 0.05) is 6.54 Å². The number of aryl methyl sites for hydroxylation is 2. The average Bonchev–Trinajstić information content (AvgIpc) is 2.39. The van der Waals surface area contributed by atoms with E-state index in [0.29, 0.717) is 5.92 Å². The fourth-order valence-corrected chi connectivity index (χ4v) is 2.27. The van der Waals surface area contributed by atoms with Gasteiger partial charge in [0.25, 0.3) is 0 Å². The van der Waals surface area contributed by atoms with Crippen LogP contribution in [0.3, 0.4) is 0 Å². The van der Waals surface area contributed by atoms with Gasteiger partial charge in [0.05, 0.1) is 11.4 Å². The summed E-state index contributed by atoms with van der Waals surface area (Å²) in [6, 6.07) is 12.8. The van der Waals surface area contributed by atoms with E-state index in [-0.39, 0.29) is 0 Å². The van der Waals surface area contributed by atoms with Crippen LogP contribution < -0.4 is 11.1 Å². The summed E-state index contributed by atoms with van der Waals surface area (Å²) in [5.74, 6) is 0.554. The van der Waals surface area contributed by atoms with Crippen molar-refractivity contribution in [1.29, 1.82) is 0 Å². The lowest BCUT2D eigenvalue weighted by molar-refractivity contribution is 0.861. The average molecular weight is 268 g/mol. The van der Waals surface area contributed by atoms with Gasteiger partial charge >= 0.3 is 0 Å². The molecule has 2 heteroatoms. The second-order valence-corrected chi connectivity index (χ2v) is 5.78. The zero-order chi connectivity index (χ0) is 14.7. The molecule has 0 spiro atoms. The van der Waals surface area contributed by atoms with E-state index in [0.717, 1.165) is 17.9 Å². The van der Waals surface area contributed by atoms with Gasteiger partial charge in [-0.15, -0.1) is 0 Å². The number of benzene rings is 2. The predicted molar refractivity (Wildman–Crippen MR) is 88.2 cm³/mol. The van der Waals surface area contributed by atoms with Crippen molar-refractivity contribution in [1.82, 2.24) is 0 Å². The minimum atomic E-state index is 0.554. The maximum absolute atomic E-state index is 6.04. The molecule has 0 radical (unpaired) electrons. The fraction of sp³-hybridized carbons (Fsp3) is 0.333. The Morgan fingerprint density at radius 1 is 1.05 bits per heavy atom. The molecule has 106 valence electrons. The molecule has 2 rings (SSSR count). The number of rotatable bonds is 4. The Morgan fingerprint density at radius 3 is 2.45 bits per heavy atom. The number of anilines is 2. The summed E-state index contributed by atoms with van der Waals surface area (Å²) in [5.41, 5.74) is 13.1. The summed E-state index contributed by atoms with van der Waals surface area (Å²) in [4.78, 5) is 0. The Bertz CT molecular complexity index is 600. The second kappa shape index (κ2) is 6.00. The van der Waals surface area contributed by atoms with Crippen LogP contribution in [0, 0.1) is 13.8 Å². The van der Waals surface area contributed by atoms with Crippen molar-refractivity contribution < 1.29 is 0 Å². The van der Waals surface area contributed by atoms with Crippen LogP contribution in [0.5, 0.6) is 0 Å². The predicted octanol–water partition coefficient (Wildman–Crippen LogP) is 4.62. The third-order valence-electron chi connectivity index (χ3n) is 3.72. The molecule has 3 N–H and O–H groups in total. The van der Waals surface area contributed by atoms with Crippen LogP contribution in [0.15, 0.2) is 36.4 Å². The molecular formula is C18H24N2. The van der Waals surface area contributed by atoms with Crippen LogP contribution in [0.2, 0.25) is 0 Å². The highest BCUT2D eigenvalue weighted by Crippen LogP contribution is 2.22. The highest BCUT2D eigenvalue weighted by molar-refractivity contribution is 5.67. The maximum atomic E-state index is 6.04. The van der Waals surface area contributed by atoms with E-state index >= 15 is 0 Å². The van der Waals surface area contributed by atoms with Crippen molar-refractivity contribution >= 4 is 11.4 Å². The Labute approximate surface area is 122 Å². The summed E-state index contributed by atoms with van der Waals surface area (Å²) in [6.07, 6.45) is 0. The van der Waals surface area contributed by atoms with Crippen molar-refractivity contribution in [3.63, 3.8) is 0 Å². The lowest BCUT2D eigenvalue weighted by Crippen LogP contribution is -2.05. The molecule has 0 bridgehead atoms. The lowest BCUT2D eigenvalue weighted by Gasteiger charge is -2.14. The van der Waals surface area contributed by atoms with E-state index in [9.17, 15) is 0 Å². The van der Waals surface area contributed by atoms with Crippen molar-refractivity contribution in [3.8, 4) is 0 Å². The quantitative estimate of drug-likeness (QED) is 0.794. The number of nitrogens with one attached hydrogen (secondary N) is 1. The molecule has 0 aliphatic heterocycles. The fourth-order valence-electron chi connectivity index (χ4n) is 2.27. The molecule has 0 aromatic heterocycles. The van der Waals surface area contributed by atoms with Crippen LogP contribution in [0.25, 0.3) is 0 Å². The van der Waals surface area contributed by atoms with E-state index in [4.69, 9.17) is 5.73 Å². The number of hydrogen-bond donors (Lipinski definition) is 2. The van der Waals surface area contributed by atoms with Gasteiger partial charge in [0.15, 0.2) is 0 Å². The normalized spacial score (nSPS) is 10.8. The number of nitrogens with two attached hydrogens (primary N) is 1. The molecule has 2 aromatic rings. The van der Waals surface area contributed by atoms with Crippen LogP contribution >= 0.6 is 0 Å². The smallest absolute Gasteiger partial charge is 0.0576 e. The molecule has 0 saturated carbocycles. The molecule has 0 aliphatic carbocycles. The summed E-state index contributed by atoms with van der Waals surface area (Å²) in [7, 11) is 0. The molecule has 0 saturated heterocycles. The van der Waals surface area contributed by atoms with E-state index in [1.807, 2.05) is 12.1 Å². The van der Waals surface area contributed by atoms with Gasteiger partial charge in [-0.05, 0) is 54.2 Å². The Morgan fingerprint density at radius 2 is 1.80 bits per heavy atom. The Kier molecular flexibility index (Phi) is 4.33. The summed E-state index contributed by atoms with van der Waals surface area (Å²) in [6.45, 7) is 9.45. The monoisotopic (exact) mass is 268 g/mol. The van der Waals surface area contributed by atoms with Gasteiger partial charge in [-0.3, -0.25) is 0 Å². The Balaban J connectivity index is 2.16. The minimum absolute atomic E-state index is 0.554. The molecule has 20 heavy (non-hydrogen) atoms. The molecule has 0 heterocycles. The largest absolute Gasteiger partial charge is 0.397 e. The third kappa shape index (κ3) is 3.32. The summed E-state index contributed by atoms with van der Waals surface area (Å²) < 4.78 is 0. The van der Waals surface area contributed by atoms with E-state index in [2.05, 4.69) is 57.3 Å². The van der Waals surface area contributed by atoms with Gasteiger partial charge < -0.3 is 11.1 Å². The first kappa shape index (κ1) is 14.4. The summed E-state index contributed by atoms with van der Waals surface area (Å²) in [5, 5.41) is 3.44. The standard InChI is InChI=1S/C18H24N2/c1-12(2)15-7-6-14(4)16(10-15)11-20-18-8-5-13(3)9-17(18)19/h5-10,12,20H,11,19H2,1-4H3. The zero-order valence-electron chi connectivity index (χ0n) is 12.8. The SMILES string of the molecule is Cc1ccc(NCc2cc(C(C)C)ccc2C)c(N)c1. The van der Waals surface area contributed by atoms with Gasteiger partial charge in [-0.2, -0.15) is 0 Å². The topological polar surface area (TPSA) is 38.0 Å². The molecular weight excluding hydrogens is 244 g/mol. The number of hydrogen-bond acceptors (Lipinski definition) is 2. The first-order valence-corrected chi connectivity index (χ1v) is 7.17. The zero-order valence-corrected chi connectivity index (χ0v) is 12.8. The molecule has 0 aliphatic rings. The van der Waals surface area contributed by atoms with Crippen molar-refractivity contribution in [2.45, 2.75) is 40.2 Å². The lowest BCUT2D eigenvalue weighted by atomic mass is 9.98. The van der Waals surface area contributed by atoms with E-state index in [1.165, 1.54) is 22.3 Å². The molecule has 0 unspecified atom stereocenters. The highest BCUT2D eigenvalue weighted by Gasteiger charge is 2.05. The van der Waals surface area contributed by atoms with E-state index in [1.54, 1.807) is 0 Å². The molecule has 2 aromatic carbocycles. The van der Waals surface area contributed by atoms with Gasteiger partial charge in [-0.1, -0.05) is 38.1 Å². The van der Waals surface area contributed by atoms with E-state index < -0.39 is 0 Å². The Hall–Kier alpha value is -1.96. The van der Waals surface area contributed by atoms with Crippen molar-refractivity contribution in [3.05, 3.63) is 58.7 Å². The van der Waals surface area contributed by atoms with Crippen LogP contribution in [-0.4, -0.2) is 0 Å². The third-order valence-corrected chi connectivity index (χ3v) is 3.72. The van der Waals surface area contributed by atoms with Gasteiger partial charge in [0.1, 0.15) is 0 Å². The molecule has 0 amide bonds. The maximum Gasteiger partial charge on any atom is 0.0576 e.